The van der Waals surface area contributed by atoms with Crippen molar-refractivity contribution < 1.29 is 41.4 Å². The van der Waals surface area contributed by atoms with Crippen LogP contribution in [0.25, 0.3) is 0 Å². The minimum absolute atomic E-state index is 0.0524. The third-order valence-corrected chi connectivity index (χ3v) is 7.38. The first-order chi connectivity index (χ1) is 18.0. The zero-order valence-corrected chi connectivity index (χ0v) is 22.7. The Morgan fingerprint density at radius 1 is 0.895 bits per heavy atom. The van der Waals surface area contributed by atoms with E-state index in [1.165, 1.54) is 24.3 Å². The Bertz CT molecular complexity index is 1240. The molecular formula is C26H35N2O9S+. The van der Waals surface area contributed by atoms with Crippen molar-refractivity contribution >= 4 is 27.2 Å². The van der Waals surface area contributed by atoms with E-state index in [4.69, 9.17) is 18.9 Å². The third kappa shape index (κ3) is 7.88. The molecule has 1 aliphatic rings. The molecule has 0 spiro atoms. The molecule has 0 atom stereocenters. The molecule has 208 valence electrons. The molecule has 0 fully saturated rings. The largest absolute Gasteiger partial charge is 0.377 e. The number of nitro benzene ring substituents is 1. The molecule has 2 aromatic rings. The lowest BCUT2D eigenvalue weighted by Gasteiger charge is -2.15. The summed E-state index contributed by atoms with van der Waals surface area (Å²) < 4.78 is 56.8. The summed E-state index contributed by atoms with van der Waals surface area (Å²) in [6.45, 7) is 10.1. The Kier molecular flexibility index (Phi) is 10.5. The molecule has 1 aliphatic heterocycles. The number of rotatable bonds is 16. The first-order valence-electron chi connectivity index (χ1n) is 12.3. The Balaban J connectivity index is 1.25. The van der Waals surface area contributed by atoms with Crippen LogP contribution in [0.5, 0.6) is 0 Å². The number of fused-ring (bicyclic) bond motifs is 1. The number of hydrogen-bond donors (Lipinski definition) is 1. The van der Waals surface area contributed by atoms with Crippen LogP contribution < -0.4 is 0 Å². The Hall–Kier alpha value is -2.74. The second-order valence-corrected chi connectivity index (χ2v) is 10.8. The fourth-order valence-electron chi connectivity index (χ4n) is 4.13. The zero-order valence-electron chi connectivity index (χ0n) is 21.9. The van der Waals surface area contributed by atoms with Crippen molar-refractivity contribution in [3.05, 3.63) is 63.7 Å². The van der Waals surface area contributed by atoms with Crippen molar-refractivity contribution in [1.82, 2.24) is 0 Å². The van der Waals surface area contributed by atoms with Crippen LogP contribution in [0.2, 0.25) is 0 Å². The molecule has 0 unspecified atom stereocenters. The second kappa shape index (κ2) is 13.4. The predicted octanol–water partition coefficient (Wildman–Crippen LogP) is 3.50. The highest BCUT2D eigenvalue weighted by Crippen LogP contribution is 2.40. The molecule has 0 aliphatic carbocycles. The highest BCUT2D eigenvalue weighted by Gasteiger charge is 2.43. The molecule has 2 aromatic carbocycles. The molecule has 0 saturated carbocycles. The van der Waals surface area contributed by atoms with E-state index in [1.807, 2.05) is 20.8 Å². The van der Waals surface area contributed by atoms with E-state index in [1.54, 1.807) is 18.2 Å². The van der Waals surface area contributed by atoms with Crippen LogP contribution in [-0.4, -0.2) is 81.0 Å². The van der Waals surface area contributed by atoms with E-state index in [2.05, 4.69) is 4.58 Å². The third-order valence-electron chi connectivity index (χ3n) is 6.53. The predicted molar refractivity (Wildman–Crippen MR) is 140 cm³/mol. The van der Waals surface area contributed by atoms with Gasteiger partial charge in [-0.3, -0.25) is 14.7 Å². The molecule has 0 amide bonds. The van der Waals surface area contributed by atoms with Gasteiger partial charge >= 0.3 is 0 Å². The SMILES string of the molecule is CC1=[N+](CCOCCOCCOCCOCc2ccc([N+](=O)[O-])cc2)c2ccc(S(=O)(=O)O)cc2C1(C)C. The monoisotopic (exact) mass is 551 g/mol. The van der Waals surface area contributed by atoms with E-state index < -0.39 is 15.0 Å². The van der Waals surface area contributed by atoms with Gasteiger partial charge in [0.1, 0.15) is 6.61 Å². The zero-order chi connectivity index (χ0) is 27.8. The van der Waals surface area contributed by atoms with Crippen LogP contribution in [-0.2, 0) is 41.1 Å². The molecule has 0 bridgehead atoms. The molecule has 0 aromatic heterocycles. The summed E-state index contributed by atoms with van der Waals surface area (Å²) in [7, 11) is -4.26. The van der Waals surface area contributed by atoms with E-state index in [-0.39, 0.29) is 16.0 Å². The Morgan fingerprint density at radius 2 is 1.45 bits per heavy atom. The van der Waals surface area contributed by atoms with Crippen LogP contribution in [0.4, 0.5) is 11.4 Å². The van der Waals surface area contributed by atoms with Crippen molar-refractivity contribution in [2.45, 2.75) is 37.7 Å². The summed E-state index contributed by atoms with van der Waals surface area (Å²) in [6, 6.07) is 10.9. The Labute approximate surface area is 222 Å². The summed E-state index contributed by atoms with van der Waals surface area (Å²) in [5.74, 6) is 0. The smallest absolute Gasteiger partial charge is 0.294 e. The molecule has 1 N–H and O–H groups in total. The maximum Gasteiger partial charge on any atom is 0.294 e. The van der Waals surface area contributed by atoms with Gasteiger partial charge in [-0.25, -0.2) is 0 Å². The molecule has 0 saturated heterocycles. The van der Waals surface area contributed by atoms with Crippen LogP contribution in [0, 0.1) is 10.1 Å². The first kappa shape index (κ1) is 29.8. The average molecular weight is 552 g/mol. The topological polar surface area (TPSA) is 137 Å². The van der Waals surface area contributed by atoms with Gasteiger partial charge in [-0.2, -0.15) is 13.0 Å². The van der Waals surface area contributed by atoms with Gasteiger partial charge in [0.05, 0.1) is 61.5 Å². The van der Waals surface area contributed by atoms with Crippen molar-refractivity contribution in [1.29, 1.82) is 0 Å². The molecule has 1 heterocycles. The van der Waals surface area contributed by atoms with Gasteiger partial charge in [-0.1, -0.05) is 0 Å². The lowest BCUT2D eigenvalue weighted by atomic mass is 9.82. The van der Waals surface area contributed by atoms with E-state index in [0.717, 1.165) is 22.5 Å². The summed E-state index contributed by atoms with van der Waals surface area (Å²) >= 11 is 0. The van der Waals surface area contributed by atoms with Crippen LogP contribution >= 0.6 is 0 Å². The van der Waals surface area contributed by atoms with Crippen LogP contribution in [0.15, 0.2) is 47.4 Å². The van der Waals surface area contributed by atoms with Gasteiger partial charge < -0.3 is 18.9 Å². The quantitative estimate of drug-likeness (QED) is 0.109. The number of nitro groups is 1. The van der Waals surface area contributed by atoms with Crippen LogP contribution in [0.3, 0.4) is 0 Å². The molecule has 12 heteroatoms. The van der Waals surface area contributed by atoms with Crippen LogP contribution in [0.1, 0.15) is 31.9 Å². The molecule has 11 nitrogen and oxygen atoms in total. The van der Waals surface area contributed by atoms with Gasteiger partial charge in [0.15, 0.2) is 12.3 Å². The maximum atomic E-state index is 11.6. The number of nitrogens with zero attached hydrogens (tertiary/aromatic N) is 2. The molecule has 3 rings (SSSR count). The Morgan fingerprint density at radius 3 is 2.00 bits per heavy atom. The maximum absolute atomic E-state index is 11.6. The van der Waals surface area contributed by atoms with E-state index in [9.17, 15) is 23.1 Å². The van der Waals surface area contributed by atoms with Gasteiger partial charge in [0.25, 0.3) is 15.8 Å². The average Bonchev–Trinajstić information content (AvgIpc) is 3.06. The van der Waals surface area contributed by atoms with E-state index in [0.29, 0.717) is 59.4 Å². The fourth-order valence-corrected chi connectivity index (χ4v) is 4.64. The van der Waals surface area contributed by atoms with E-state index >= 15 is 0 Å². The normalized spacial score (nSPS) is 14.6. The molecular weight excluding hydrogens is 516 g/mol. The number of ether oxygens (including phenoxy) is 4. The number of non-ortho nitro benzene ring substituents is 1. The standard InChI is InChI=1S/C26H34N2O9S/c1-20-26(2,3)24-18-23(38(31,32)33)8-9-25(24)27(20)10-11-34-12-13-35-14-15-36-16-17-37-19-21-4-6-22(7-5-21)28(29)30/h4-9,18H,10-17,19H2,1-3H3/p+1. The number of hydrogen-bond acceptors (Lipinski definition) is 8. The number of benzene rings is 2. The minimum atomic E-state index is -4.26. The highest BCUT2D eigenvalue weighted by atomic mass is 32.2. The second-order valence-electron chi connectivity index (χ2n) is 9.33. The first-order valence-corrected chi connectivity index (χ1v) is 13.7. The lowest BCUT2D eigenvalue weighted by Crippen LogP contribution is -2.27. The van der Waals surface area contributed by atoms with Gasteiger partial charge in [-0.15, -0.1) is 0 Å². The minimum Gasteiger partial charge on any atom is -0.377 e. The summed E-state index contributed by atoms with van der Waals surface area (Å²) in [5.41, 5.74) is 3.38. The summed E-state index contributed by atoms with van der Waals surface area (Å²) in [4.78, 5) is 10.1. The van der Waals surface area contributed by atoms with Gasteiger partial charge in [0, 0.05) is 30.7 Å². The fraction of sp³-hybridized carbons (Fsp3) is 0.500. The molecule has 38 heavy (non-hydrogen) atoms. The van der Waals surface area contributed by atoms with Gasteiger partial charge in [0.2, 0.25) is 5.69 Å². The van der Waals surface area contributed by atoms with Crippen molar-refractivity contribution in [3.8, 4) is 0 Å². The van der Waals surface area contributed by atoms with Crippen molar-refractivity contribution in [3.63, 3.8) is 0 Å². The summed E-state index contributed by atoms with van der Waals surface area (Å²) in [6.07, 6.45) is 0. The lowest BCUT2D eigenvalue weighted by molar-refractivity contribution is -0.443. The highest BCUT2D eigenvalue weighted by molar-refractivity contribution is 7.85. The van der Waals surface area contributed by atoms with Crippen molar-refractivity contribution in [2.24, 2.45) is 0 Å². The van der Waals surface area contributed by atoms with Crippen molar-refractivity contribution in [2.75, 3.05) is 52.8 Å². The van der Waals surface area contributed by atoms with Gasteiger partial charge in [-0.05, 0) is 43.7 Å². The summed E-state index contributed by atoms with van der Waals surface area (Å²) in [5, 5.41) is 10.7. The molecule has 0 radical (unpaired) electrons.